The van der Waals surface area contributed by atoms with Gasteiger partial charge in [-0.3, -0.25) is 0 Å². The summed E-state index contributed by atoms with van der Waals surface area (Å²) in [5.41, 5.74) is 2.43. The number of unbranched alkanes of at least 4 members (excludes halogenated alkanes) is 11. The molecule has 0 bridgehead atoms. The normalized spacial score (nSPS) is 12.0. The highest BCUT2D eigenvalue weighted by molar-refractivity contribution is 6.10. The van der Waals surface area contributed by atoms with Gasteiger partial charge in [-0.25, -0.2) is 9.59 Å². The van der Waals surface area contributed by atoms with Gasteiger partial charge in [-0.1, -0.05) is 89.7 Å². The molecule has 41 heavy (non-hydrogen) atoms. The van der Waals surface area contributed by atoms with E-state index in [1.165, 1.54) is 76.4 Å². The number of carbonyl (C=O) groups is 2. The van der Waals surface area contributed by atoms with Crippen molar-refractivity contribution in [1.82, 2.24) is 4.57 Å². The van der Waals surface area contributed by atoms with E-state index in [4.69, 9.17) is 0 Å². The van der Waals surface area contributed by atoms with Crippen LogP contribution in [0.2, 0.25) is 0 Å². The summed E-state index contributed by atoms with van der Waals surface area (Å²) < 4.78 is 2.24. The van der Waals surface area contributed by atoms with Crippen LogP contribution in [0, 0.1) is 22.7 Å². The summed E-state index contributed by atoms with van der Waals surface area (Å²) in [7, 11) is 0. The topological polar surface area (TPSA) is 127 Å². The molecule has 0 radical (unpaired) electrons. The maximum absolute atomic E-state index is 11.4. The van der Waals surface area contributed by atoms with Crippen LogP contribution in [-0.2, 0) is 16.1 Å². The molecule has 0 saturated heterocycles. The van der Waals surface area contributed by atoms with Crippen molar-refractivity contribution in [2.75, 3.05) is 0 Å². The predicted molar refractivity (Wildman–Crippen MR) is 163 cm³/mol. The number of nitriles is 2. The Kier molecular flexibility index (Phi) is 12.2. The Morgan fingerprint density at radius 1 is 0.683 bits per heavy atom. The Morgan fingerprint density at radius 2 is 1.07 bits per heavy atom. The van der Waals surface area contributed by atoms with Crippen molar-refractivity contribution in [3.63, 3.8) is 0 Å². The summed E-state index contributed by atoms with van der Waals surface area (Å²) in [5, 5.41) is 38.7. The van der Waals surface area contributed by atoms with Crippen LogP contribution in [0.3, 0.4) is 0 Å². The monoisotopic (exact) mass is 553 g/mol. The molecule has 0 aliphatic rings. The number of nitrogens with zero attached hydrogens (tertiary/aromatic N) is 3. The minimum absolute atomic E-state index is 0.353. The molecular weight excluding hydrogens is 514 g/mol. The van der Waals surface area contributed by atoms with Crippen LogP contribution in [0.5, 0.6) is 0 Å². The van der Waals surface area contributed by atoms with Gasteiger partial charge in [0.1, 0.15) is 23.3 Å². The zero-order valence-electron chi connectivity index (χ0n) is 23.9. The average Bonchev–Trinajstić information content (AvgIpc) is 3.26. The van der Waals surface area contributed by atoms with Gasteiger partial charge in [0.2, 0.25) is 0 Å². The van der Waals surface area contributed by atoms with Gasteiger partial charge in [0.15, 0.2) is 0 Å². The lowest BCUT2D eigenvalue weighted by molar-refractivity contribution is -0.133. The number of hydrogen-bond acceptors (Lipinski definition) is 4. The Bertz CT molecular complexity index is 1420. The number of carboxylic acid groups (broad SMARTS) is 2. The Morgan fingerprint density at radius 3 is 1.44 bits per heavy atom. The van der Waals surface area contributed by atoms with Crippen molar-refractivity contribution in [3.8, 4) is 12.1 Å². The van der Waals surface area contributed by atoms with Gasteiger partial charge in [0, 0.05) is 28.4 Å². The molecular formula is C34H39N3O4. The third kappa shape index (κ3) is 8.82. The number of carboxylic acids is 2. The summed E-state index contributed by atoms with van der Waals surface area (Å²) in [6, 6.07) is 14.6. The Labute approximate surface area is 242 Å². The number of fused-ring (bicyclic) bond motifs is 3. The summed E-state index contributed by atoms with van der Waals surface area (Å²) in [6.07, 6.45) is 18.0. The smallest absolute Gasteiger partial charge is 0.346 e. The maximum Gasteiger partial charge on any atom is 0.346 e. The molecule has 214 valence electrons. The van der Waals surface area contributed by atoms with E-state index in [0.29, 0.717) is 11.1 Å². The average molecular weight is 554 g/mol. The number of aliphatic carboxylic acids is 2. The molecule has 2 N–H and O–H groups in total. The van der Waals surface area contributed by atoms with Crippen LogP contribution in [0.15, 0.2) is 47.5 Å². The van der Waals surface area contributed by atoms with E-state index < -0.39 is 11.9 Å². The third-order valence-electron chi connectivity index (χ3n) is 7.47. The predicted octanol–water partition coefficient (Wildman–Crippen LogP) is 8.48. The molecule has 2 aromatic carbocycles. The van der Waals surface area contributed by atoms with Crippen LogP contribution in [0.1, 0.15) is 95.1 Å². The van der Waals surface area contributed by atoms with E-state index in [1.54, 1.807) is 24.3 Å². The van der Waals surface area contributed by atoms with Gasteiger partial charge in [-0.05, 0) is 54.0 Å². The second-order valence-electron chi connectivity index (χ2n) is 10.5. The van der Waals surface area contributed by atoms with Crippen molar-refractivity contribution >= 4 is 45.9 Å². The molecule has 0 aliphatic heterocycles. The fourth-order valence-corrected chi connectivity index (χ4v) is 5.29. The van der Waals surface area contributed by atoms with Crippen LogP contribution in [0.4, 0.5) is 0 Å². The fraction of sp³-hybridized carbons (Fsp3) is 0.412. The lowest BCUT2D eigenvalue weighted by atomic mass is 10.0. The zero-order chi connectivity index (χ0) is 29.6. The van der Waals surface area contributed by atoms with Gasteiger partial charge in [0.25, 0.3) is 0 Å². The van der Waals surface area contributed by atoms with Crippen molar-refractivity contribution in [2.45, 2.75) is 90.5 Å². The van der Waals surface area contributed by atoms with Gasteiger partial charge in [-0.2, -0.15) is 10.5 Å². The molecule has 0 saturated carbocycles. The second-order valence-corrected chi connectivity index (χ2v) is 10.5. The van der Waals surface area contributed by atoms with Crippen molar-refractivity contribution < 1.29 is 19.8 Å². The van der Waals surface area contributed by atoms with Crippen LogP contribution in [-0.4, -0.2) is 26.7 Å². The van der Waals surface area contributed by atoms with E-state index in [-0.39, 0.29) is 11.1 Å². The largest absolute Gasteiger partial charge is 0.477 e. The minimum atomic E-state index is -1.29. The summed E-state index contributed by atoms with van der Waals surface area (Å²) in [4.78, 5) is 22.7. The molecule has 0 amide bonds. The first-order valence-electron chi connectivity index (χ1n) is 14.7. The van der Waals surface area contributed by atoms with Crippen molar-refractivity contribution in [2.24, 2.45) is 0 Å². The molecule has 0 fully saturated rings. The maximum atomic E-state index is 11.4. The van der Waals surface area contributed by atoms with Gasteiger partial charge in [0.05, 0.1) is 0 Å². The molecule has 1 heterocycles. The standard InChI is InChI=1S/C34H39N3O4/c1-2-3-4-5-6-7-8-9-10-11-12-13-18-37-31-16-14-25(19-27(23-35)33(38)39)21-29(31)30-22-26(15-17-32(30)37)20-28(24-36)34(40)41/h14-17,19-22H,2-13,18H2,1H3,(H,38,39)(H,40,41)/b27-19-,28-20-. The summed E-state index contributed by atoms with van der Waals surface area (Å²) in [5.74, 6) is -2.57. The number of rotatable bonds is 17. The number of hydrogen-bond donors (Lipinski definition) is 2. The van der Waals surface area contributed by atoms with Gasteiger partial charge in [-0.15, -0.1) is 0 Å². The molecule has 0 aliphatic carbocycles. The highest BCUT2D eigenvalue weighted by Gasteiger charge is 2.14. The summed E-state index contributed by atoms with van der Waals surface area (Å²) >= 11 is 0. The quantitative estimate of drug-likeness (QED) is 0.0980. The zero-order valence-corrected chi connectivity index (χ0v) is 23.9. The van der Waals surface area contributed by atoms with Gasteiger partial charge < -0.3 is 14.8 Å². The lowest BCUT2D eigenvalue weighted by Crippen LogP contribution is -1.99. The lowest BCUT2D eigenvalue weighted by Gasteiger charge is -2.08. The van der Waals surface area contributed by atoms with Crippen molar-refractivity contribution in [1.29, 1.82) is 10.5 Å². The summed E-state index contributed by atoms with van der Waals surface area (Å²) in [6.45, 7) is 3.06. The van der Waals surface area contributed by atoms with Crippen LogP contribution < -0.4 is 0 Å². The number of aromatic nitrogens is 1. The highest BCUT2D eigenvalue weighted by atomic mass is 16.4. The third-order valence-corrected chi connectivity index (χ3v) is 7.47. The highest BCUT2D eigenvalue weighted by Crippen LogP contribution is 2.32. The minimum Gasteiger partial charge on any atom is -0.477 e. The molecule has 0 unspecified atom stereocenters. The second kappa shape index (κ2) is 16.0. The molecule has 7 heteroatoms. The van der Waals surface area contributed by atoms with E-state index in [2.05, 4.69) is 11.5 Å². The molecule has 0 atom stereocenters. The first-order chi connectivity index (χ1) is 19.9. The Hall–Kier alpha value is -4.36. The van der Waals surface area contributed by atoms with Gasteiger partial charge >= 0.3 is 11.9 Å². The van der Waals surface area contributed by atoms with E-state index in [1.807, 2.05) is 24.3 Å². The molecule has 7 nitrogen and oxygen atoms in total. The molecule has 1 aromatic heterocycles. The van der Waals surface area contributed by atoms with Crippen LogP contribution in [0.25, 0.3) is 34.0 Å². The first-order valence-corrected chi connectivity index (χ1v) is 14.7. The first kappa shape index (κ1) is 31.2. The molecule has 3 aromatic rings. The molecule has 3 rings (SSSR count). The van der Waals surface area contributed by atoms with Crippen LogP contribution >= 0.6 is 0 Å². The van der Waals surface area contributed by atoms with E-state index >= 15 is 0 Å². The van der Waals surface area contributed by atoms with Crippen molar-refractivity contribution in [3.05, 3.63) is 58.7 Å². The molecule has 0 spiro atoms. The SMILES string of the molecule is CCCCCCCCCCCCCCn1c2ccc(/C=C(/C#N)C(=O)O)cc2c2cc(/C=C(/C#N)C(=O)O)ccc21. The van der Waals surface area contributed by atoms with E-state index in [0.717, 1.165) is 41.2 Å². The fourth-order valence-electron chi connectivity index (χ4n) is 5.29. The number of aryl methyl sites for hydroxylation is 1. The number of benzene rings is 2. The Balaban J connectivity index is 1.78. The van der Waals surface area contributed by atoms with E-state index in [9.17, 15) is 30.3 Å².